The Hall–Kier alpha value is -2.12. The van der Waals surface area contributed by atoms with Crippen LogP contribution in [0.4, 0.5) is 0 Å². The third-order valence-corrected chi connectivity index (χ3v) is 3.84. The number of rotatable bonds is 6. The molecule has 0 spiro atoms. The second-order valence-electron chi connectivity index (χ2n) is 6.36. The van der Waals surface area contributed by atoms with Gasteiger partial charge >= 0.3 is 5.97 Å². The zero-order valence-corrected chi connectivity index (χ0v) is 14.1. The van der Waals surface area contributed by atoms with E-state index in [1.807, 2.05) is 26.0 Å². The number of carbonyl (C=O) groups is 2. The van der Waals surface area contributed by atoms with Crippen molar-refractivity contribution >= 4 is 11.9 Å². The maximum absolute atomic E-state index is 12.4. The number of methoxy groups -OCH3 is 1. The van der Waals surface area contributed by atoms with Crippen molar-refractivity contribution in [2.24, 2.45) is 5.41 Å². The maximum atomic E-state index is 12.4. The number of nitrogens with one attached hydrogen (secondary N) is 1. The van der Waals surface area contributed by atoms with Gasteiger partial charge in [-0.25, -0.2) is 0 Å². The molecule has 2 N–H and O–H groups in total. The molecule has 1 aliphatic heterocycles. The monoisotopic (exact) mass is 337 g/mol. The van der Waals surface area contributed by atoms with Crippen LogP contribution in [0.3, 0.4) is 0 Å². The molecule has 24 heavy (non-hydrogen) atoms. The maximum Gasteiger partial charge on any atom is 0.305 e. The highest BCUT2D eigenvalue weighted by Crippen LogP contribution is 2.36. The Morgan fingerprint density at radius 1 is 1.33 bits per heavy atom. The molecule has 132 valence electrons. The minimum Gasteiger partial charge on any atom is -0.497 e. The average Bonchev–Trinajstić information content (AvgIpc) is 2.54. The van der Waals surface area contributed by atoms with E-state index in [1.165, 1.54) is 0 Å². The summed E-state index contributed by atoms with van der Waals surface area (Å²) in [5.41, 5.74) is 0.269. The molecule has 1 aliphatic rings. The lowest BCUT2D eigenvalue weighted by molar-refractivity contribution is -0.258. The van der Waals surface area contributed by atoms with Gasteiger partial charge in [-0.2, -0.15) is 0 Å². The number of carboxylic acid groups (broad SMARTS) is 1. The molecule has 2 atom stereocenters. The lowest BCUT2D eigenvalue weighted by atomic mass is 9.85. The summed E-state index contributed by atoms with van der Waals surface area (Å²) in [5, 5.41) is 11.3. The van der Waals surface area contributed by atoms with Crippen molar-refractivity contribution in [3.05, 3.63) is 29.8 Å². The molecular weight excluding hydrogens is 314 g/mol. The van der Waals surface area contributed by atoms with Gasteiger partial charge in [0.2, 0.25) is 5.91 Å². The van der Waals surface area contributed by atoms with E-state index in [-0.39, 0.29) is 18.9 Å². The van der Waals surface area contributed by atoms with E-state index in [9.17, 15) is 9.59 Å². The normalized spacial score (nSPS) is 22.6. The summed E-state index contributed by atoms with van der Waals surface area (Å²) in [4.78, 5) is 22.9. The number of carbonyl (C=O) groups excluding carboxylic acids is 1. The Morgan fingerprint density at radius 2 is 2.00 bits per heavy atom. The van der Waals surface area contributed by atoms with E-state index in [0.717, 1.165) is 11.3 Å². The van der Waals surface area contributed by atoms with Crippen molar-refractivity contribution < 1.29 is 28.9 Å². The number of aliphatic carboxylic acids is 1. The summed E-state index contributed by atoms with van der Waals surface area (Å²) in [6, 6.07) is 7.23. The van der Waals surface area contributed by atoms with Crippen LogP contribution in [0.15, 0.2) is 24.3 Å². The molecule has 0 saturated carbocycles. The van der Waals surface area contributed by atoms with Gasteiger partial charge in [-0.1, -0.05) is 26.0 Å². The van der Waals surface area contributed by atoms with Crippen molar-refractivity contribution in [2.45, 2.75) is 32.7 Å². The van der Waals surface area contributed by atoms with Crippen molar-refractivity contribution in [3.63, 3.8) is 0 Å². The molecule has 1 fully saturated rings. The zero-order chi connectivity index (χ0) is 17.7. The predicted molar refractivity (Wildman–Crippen MR) is 85.6 cm³/mol. The van der Waals surface area contributed by atoms with Crippen LogP contribution in [0.25, 0.3) is 0 Å². The number of hydrogen-bond donors (Lipinski definition) is 2. The molecule has 2 rings (SSSR count). The second kappa shape index (κ2) is 7.63. The van der Waals surface area contributed by atoms with Crippen molar-refractivity contribution in [1.29, 1.82) is 0 Å². The summed E-state index contributed by atoms with van der Waals surface area (Å²) in [6.07, 6.45) is -1.51. The van der Waals surface area contributed by atoms with Crippen LogP contribution < -0.4 is 10.1 Å². The lowest BCUT2D eigenvalue weighted by Gasteiger charge is -2.41. The minimum atomic E-state index is -0.960. The quantitative estimate of drug-likeness (QED) is 0.821. The molecule has 1 unspecified atom stereocenters. The molecule has 0 aromatic heterocycles. The number of ether oxygens (including phenoxy) is 3. The van der Waals surface area contributed by atoms with Gasteiger partial charge in [0.1, 0.15) is 11.9 Å². The standard InChI is InChI=1S/C17H23NO6/c1-17(2)10-23-16(11-4-6-12(22-3)7-5-11)24-14(17)15(21)18-9-8-13(19)20/h4-7,14,16H,8-10H2,1-3H3,(H,18,21)(H,19,20)/t14-,16?/m0/s1. The first-order valence-corrected chi connectivity index (χ1v) is 7.74. The number of benzene rings is 1. The predicted octanol–water partition coefficient (Wildman–Crippen LogP) is 1.73. The Labute approximate surface area is 140 Å². The zero-order valence-electron chi connectivity index (χ0n) is 14.1. The lowest BCUT2D eigenvalue weighted by Crippen LogP contribution is -2.51. The number of amides is 1. The summed E-state index contributed by atoms with van der Waals surface area (Å²) in [5.74, 6) is -0.570. The van der Waals surface area contributed by atoms with Crippen LogP contribution in [-0.4, -0.2) is 43.3 Å². The molecule has 1 aromatic carbocycles. The SMILES string of the molecule is COc1ccc(C2OCC(C)(C)[C@H](C(=O)NCCC(=O)O)O2)cc1. The highest BCUT2D eigenvalue weighted by molar-refractivity contribution is 5.82. The Morgan fingerprint density at radius 3 is 2.58 bits per heavy atom. The molecular formula is C17H23NO6. The summed E-state index contributed by atoms with van der Waals surface area (Å²) in [6.45, 7) is 4.16. The molecule has 0 bridgehead atoms. The third-order valence-electron chi connectivity index (χ3n) is 3.84. The van der Waals surface area contributed by atoms with Crippen molar-refractivity contribution in [2.75, 3.05) is 20.3 Å². The Balaban J connectivity index is 2.05. The largest absolute Gasteiger partial charge is 0.497 e. The van der Waals surface area contributed by atoms with Gasteiger partial charge < -0.3 is 24.6 Å². The molecule has 1 aromatic rings. The van der Waals surface area contributed by atoms with Crippen LogP contribution in [0.2, 0.25) is 0 Å². The number of carboxylic acids is 1. The fourth-order valence-corrected chi connectivity index (χ4v) is 2.45. The van der Waals surface area contributed by atoms with Crippen molar-refractivity contribution in [1.82, 2.24) is 5.32 Å². The van der Waals surface area contributed by atoms with Gasteiger partial charge in [0.25, 0.3) is 0 Å². The van der Waals surface area contributed by atoms with E-state index in [0.29, 0.717) is 6.61 Å². The van der Waals surface area contributed by atoms with E-state index in [4.69, 9.17) is 19.3 Å². The molecule has 1 saturated heterocycles. The Kier molecular flexibility index (Phi) is 5.80. The highest BCUT2D eigenvalue weighted by Gasteiger charge is 2.43. The first kappa shape index (κ1) is 18.2. The van der Waals surface area contributed by atoms with Gasteiger partial charge in [-0.15, -0.1) is 0 Å². The summed E-state index contributed by atoms with van der Waals surface area (Å²) >= 11 is 0. The Bertz CT molecular complexity index is 583. The fraction of sp³-hybridized carbons (Fsp3) is 0.529. The summed E-state index contributed by atoms with van der Waals surface area (Å²) < 4.78 is 16.7. The molecule has 0 aliphatic carbocycles. The summed E-state index contributed by atoms with van der Waals surface area (Å²) in [7, 11) is 1.59. The first-order chi connectivity index (χ1) is 11.3. The van der Waals surface area contributed by atoms with Gasteiger partial charge in [-0.05, 0) is 12.1 Å². The fourth-order valence-electron chi connectivity index (χ4n) is 2.45. The van der Waals surface area contributed by atoms with Gasteiger partial charge in [-0.3, -0.25) is 9.59 Å². The van der Waals surface area contributed by atoms with Gasteiger partial charge in [0.05, 0.1) is 20.1 Å². The highest BCUT2D eigenvalue weighted by atomic mass is 16.7. The van der Waals surface area contributed by atoms with Gasteiger partial charge in [0.15, 0.2) is 6.29 Å². The average molecular weight is 337 g/mol. The topological polar surface area (TPSA) is 94.1 Å². The molecule has 0 radical (unpaired) electrons. The van der Waals surface area contributed by atoms with Crippen molar-refractivity contribution in [3.8, 4) is 5.75 Å². The van der Waals surface area contributed by atoms with Crippen LogP contribution >= 0.6 is 0 Å². The number of hydrogen-bond acceptors (Lipinski definition) is 5. The van der Waals surface area contributed by atoms with Crippen LogP contribution in [-0.2, 0) is 19.1 Å². The molecule has 7 nitrogen and oxygen atoms in total. The van der Waals surface area contributed by atoms with Crippen LogP contribution in [0, 0.1) is 5.41 Å². The van der Waals surface area contributed by atoms with Crippen LogP contribution in [0.1, 0.15) is 32.1 Å². The second-order valence-corrected chi connectivity index (χ2v) is 6.36. The van der Waals surface area contributed by atoms with Crippen LogP contribution in [0.5, 0.6) is 5.75 Å². The molecule has 7 heteroatoms. The van der Waals surface area contributed by atoms with Gasteiger partial charge in [0, 0.05) is 17.5 Å². The van der Waals surface area contributed by atoms with E-state index in [2.05, 4.69) is 5.32 Å². The first-order valence-electron chi connectivity index (χ1n) is 7.74. The minimum absolute atomic E-state index is 0.0676. The smallest absolute Gasteiger partial charge is 0.305 e. The van der Waals surface area contributed by atoms with E-state index >= 15 is 0 Å². The van der Waals surface area contributed by atoms with E-state index in [1.54, 1.807) is 19.2 Å². The van der Waals surface area contributed by atoms with E-state index < -0.39 is 23.8 Å². The molecule has 1 heterocycles. The third kappa shape index (κ3) is 4.46. The molecule has 1 amide bonds.